The summed E-state index contributed by atoms with van der Waals surface area (Å²) >= 11 is 6.04. The van der Waals surface area contributed by atoms with Crippen LogP contribution in [-0.4, -0.2) is 36.4 Å². The number of hydrogen-bond donors (Lipinski definition) is 2. The number of carbonyl (C=O) groups excluding carboxylic acids is 1. The van der Waals surface area contributed by atoms with Crippen LogP contribution in [0.2, 0.25) is 5.02 Å². The molecule has 0 bridgehead atoms. The Morgan fingerprint density at radius 1 is 1.38 bits per heavy atom. The Bertz CT molecular complexity index is 757. The van der Waals surface area contributed by atoms with E-state index in [0.29, 0.717) is 16.3 Å². The number of aromatic nitrogens is 2. The van der Waals surface area contributed by atoms with Crippen molar-refractivity contribution in [3.63, 3.8) is 0 Å². The lowest BCUT2D eigenvalue weighted by Crippen LogP contribution is -2.31. The Morgan fingerprint density at radius 2 is 2.10 bits per heavy atom. The standard InChI is InChI=1S/C12H13ClN4O3S/c13-10-3-1-2-4-11(10)17-8-9(7-16-17)12(18)15-5-6-21(14,19)20/h1-4,7-8H,5-6H2,(H,15,18)(H2,14,19,20). The molecule has 0 aliphatic heterocycles. The van der Waals surface area contributed by atoms with Crippen LogP contribution in [-0.2, 0) is 10.0 Å². The van der Waals surface area contributed by atoms with Gasteiger partial charge in [-0.1, -0.05) is 23.7 Å². The van der Waals surface area contributed by atoms with Crippen molar-refractivity contribution >= 4 is 27.5 Å². The van der Waals surface area contributed by atoms with Crippen molar-refractivity contribution in [2.24, 2.45) is 5.14 Å². The number of rotatable bonds is 5. The summed E-state index contributed by atoms with van der Waals surface area (Å²) in [6, 6.07) is 7.06. The Balaban J connectivity index is 2.06. The van der Waals surface area contributed by atoms with Gasteiger partial charge in [0.25, 0.3) is 5.91 Å². The van der Waals surface area contributed by atoms with Crippen molar-refractivity contribution in [2.75, 3.05) is 12.3 Å². The van der Waals surface area contributed by atoms with Gasteiger partial charge in [0.1, 0.15) is 0 Å². The number of sulfonamides is 1. The van der Waals surface area contributed by atoms with E-state index in [-0.39, 0.29) is 12.3 Å². The van der Waals surface area contributed by atoms with Crippen LogP contribution in [0.15, 0.2) is 36.7 Å². The number of nitrogens with two attached hydrogens (primary N) is 1. The molecule has 9 heteroatoms. The van der Waals surface area contributed by atoms with E-state index in [1.807, 2.05) is 0 Å². The van der Waals surface area contributed by atoms with Gasteiger partial charge in [0.2, 0.25) is 10.0 Å². The molecule has 3 N–H and O–H groups in total. The fourth-order valence-electron chi connectivity index (χ4n) is 1.62. The van der Waals surface area contributed by atoms with Crippen LogP contribution in [0.25, 0.3) is 5.69 Å². The van der Waals surface area contributed by atoms with Gasteiger partial charge in [-0.2, -0.15) is 5.10 Å². The molecule has 112 valence electrons. The first-order chi connectivity index (χ1) is 9.87. The molecule has 0 atom stereocenters. The molecule has 2 aromatic rings. The zero-order chi connectivity index (χ0) is 15.5. The maximum absolute atomic E-state index is 11.8. The van der Waals surface area contributed by atoms with Crippen molar-refractivity contribution in [3.05, 3.63) is 47.2 Å². The van der Waals surface area contributed by atoms with Crippen LogP contribution >= 0.6 is 11.6 Å². The molecule has 0 unspecified atom stereocenters. The van der Waals surface area contributed by atoms with Gasteiger partial charge in [-0.25, -0.2) is 18.2 Å². The second-order valence-electron chi connectivity index (χ2n) is 4.25. The van der Waals surface area contributed by atoms with Gasteiger partial charge in [-0.15, -0.1) is 0 Å². The van der Waals surface area contributed by atoms with Gasteiger partial charge >= 0.3 is 0 Å². The van der Waals surface area contributed by atoms with Crippen molar-refractivity contribution in [1.29, 1.82) is 0 Å². The van der Waals surface area contributed by atoms with Crippen LogP contribution in [0, 0.1) is 0 Å². The second kappa shape index (κ2) is 6.25. The lowest BCUT2D eigenvalue weighted by atomic mass is 10.3. The quantitative estimate of drug-likeness (QED) is 0.835. The van der Waals surface area contributed by atoms with Crippen molar-refractivity contribution in [3.8, 4) is 5.69 Å². The molecule has 0 fully saturated rings. The molecule has 1 aromatic heterocycles. The minimum atomic E-state index is -3.60. The highest BCUT2D eigenvalue weighted by molar-refractivity contribution is 7.89. The molecule has 0 aliphatic carbocycles. The number of carbonyl (C=O) groups is 1. The summed E-state index contributed by atoms with van der Waals surface area (Å²) < 4.78 is 23.0. The third-order valence-electron chi connectivity index (χ3n) is 2.62. The summed E-state index contributed by atoms with van der Waals surface area (Å²) in [5.41, 5.74) is 0.937. The minimum absolute atomic E-state index is 0.0606. The van der Waals surface area contributed by atoms with Crippen LogP contribution in [0.1, 0.15) is 10.4 Å². The monoisotopic (exact) mass is 328 g/mol. The number of benzene rings is 1. The van der Waals surface area contributed by atoms with Crippen molar-refractivity contribution in [1.82, 2.24) is 15.1 Å². The molecule has 0 saturated carbocycles. The van der Waals surface area contributed by atoms with Gasteiger partial charge in [-0.3, -0.25) is 4.79 Å². The third-order valence-corrected chi connectivity index (χ3v) is 3.71. The van der Waals surface area contributed by atoms with Crippen LogP contribution in [0.4, 0.5) is 0 Å². The van der Waals surface area contributed by atoms with Crippen molar-refractivity contribution < 1.29 is 13.2 Å². The molecule has 1 aromatic carbocycles. The molecule has 1 heterocycles. The summed E-state index contributed by atoms with van der Waals surface area (Å²) in [5.74, 6) is -0.755. The zero-order valence-electron chi connectivity index (χ0n) is 10.9. The molecule has 7 nitrogen and oxygen atoms in total. The van der Waals surface area contributed by atoms with Gasteiger partial charge in [0.15, 0.2) is 0 Å². The van der Waals surface area contributed by atoms with Gasteiger partial charge in [0.05, 0.1) is 28.2 Å². The minimum Gasteiger partial charge on any atom is -0.351 e. The maximum atomic E-state index is 11.8. The normalized spacial score (nSPS) is 11.3. The van der Waals surface area contributed by atoms with E-state index in [2.05, 4.69) is 10.4 Å². The molecule has 0 aliphatic rings. The first-order valence-electron chi connectivity index (χ1n) is 5.95. The lowest BCUT2D eigenvalue weighted by Gasteiger charge is -2.03. The van der Waals surface area contributed by atoms with E-state index in [9.17, 15) is 13.2 Å². The molecule has 0 spiro atoms. The largest absolute Gasteiger partial charge is 0.351 e. The average Bonchev–Trinajstić information content (AvgIpc) is 2.87. The highest BCUT2D eigenvalue weighted by atomic mass is 35.5. The number of primary sulfonamides is 1. The van der Waals surface area contributed by atoms with Crippen LogP contribution in [0.3, 0.4) is 0 Å². The summed E-state index contributed by atoms with van der Waals surface area (Å²) in [4.78, 5) is 11.8. The van der Waals surface area contributed by atoms with Gasteiger partial charge in [0, 0.05) is 12.7 Å². The lowest BCUT2D eigenvalue weighted by molar-refractivity contribution is 0.0956. The Hall–Kier alpha value is -1.90. The molecule has 0 saturated heterocycles. The number of para-hydroxylation sites is 1. The SMILES string of the molecule is NS(=O)(=O)CCNC(=O)c1cnn(-c2ccccc2Cl)c1. The predicted molar refractivity (Wildman–Crippen MR) is 78.9 cm³/mol. The number of halogens is 1. The second-order valence-corrected chi connectivity index (χ2v) is 6.39. The van der Waals surface area contributed by atoms with E-state index in [4.69, 9.17) is 16.7 Å². The molecule has 2 rings (SSSR count). The summed E-state index contributed by atoms with van der Waals surface area (Å²) in [7, 11) is -3.60. The highest BCUT2D eigenvalue weighted by Crippen LogP contribution is 2.19. The zero-order valence-corrected chi connectivity index (χ0v) is 12.4. The maximum Gasteiger partial charge on any atom is 0.254 e. The fourth-order valence-corrected chi connectivity index (χ4v) is 2.23. The van der Waals surface area contributed by atoms with E-state index >= 15 is 0 Å². The summed E-state index contributed by atoms with van der Waals surface area (Å²) in [6.07, 6.45) is 2.88. The molecular weight excluding hydrogens is 316 g/mol. The van der Waals surface area contributed by atoms with E-state index in [0.717, 1.165) is 0 Å². The van der Waals surface area contributed by atoms with E-state index in [1.165, 1.54) is 17.1 Å². The highest BCUT2D eigenvalue weighted by Gasteiger charge is 2.11. The summed E-state index contributed by atoms with van der Waals surface area (Å²) in [5, 5.41) is 11.9. The number of amides is 1. The number of hydrogen-bond acceptors (Lipinski definition) is 4. The van der Waals surface area contributed by atoms with Gasteiger partial charge < -0.3 is 5.32 Å². The average molecular weight is 329 g/mol. The molecule has 1 amide bonds. The predicted octanol–water partition coefficient (Wildman–Crippen LogP) is 0.544. The van der Waals surface area contributed by atoms with E-state index in [1.54, 1.807) is 24.3 Å². The number of nitrogens with zero attached hydrogens (tertiary/aromatic N) is 2. The Labute approximate surface area is 126 Å². The number of nitrogens with one attached hydrogen (secondary N) is 1. The third kappa shape index (κ3) is 4.28. The first-order valence-corrected chi connectivity index (χ1v) is 8.04. The van der Waals surface area contributed by atoms with Crippen LogP contribution in [0.5, 0.6) is 0 Å². The summed E-state index contributed by atoms with van der Waals surface area (Å²) in [6.45, 7) is -0.0606. The van der Waals surface area contributed by atoms with Crippen LogP contribution < -0.4 is 10.5 Å². The van der Waals surface area contributed by atoms with Crippen molar-refractivity contribution in [2.45, 2.75) is 0 Å². The first kappa shape index (κ1) is 15.5. The Kier molecular flexibility index (Phi) is 4.61. The van der Waals surface area contributed by atoms with Gasteiger partial charge in [-0.05, 0) is 12.1 Å². The topological polar surface area (TPSA) is 107 Å². The molecular formula is C12H13ClN4O3S. The smallest absolute Gasteiger partial charge is 0.254 e. The van der Waals surface area contributed by atoms with E-state index < -0.39 is 15.9 Å². The molecule has 0 radical (unpaired) electrons. The Morgan fingerprint density at radius 3 is 2.76 bits per heavy atom. The fraction of sp³-hybridized carbons (Fsp3) is 0.167. The molecule has 21 heavy (non-hydrogen) atoms.